The molecule has 0 aromatic carbocycles. The summed E-state index contributed by atoms with van der Waals surface area (Å²) in [6.07, 6.45) is -5.06. The number of esters is 1. The quantitative estimate of drug-likeness (QED) is 0.789. The Morgan fingerprint density at radius 2 is 2.00 bits per heavy atom. The summed E-state index contributed by atoms with van der Waals surface area (Å²) in [5.41, 5.74) is 0.736. The second-order valence-corrected chi connectivity index (χ2v) is 3.55. The maximum absolute atomic E-state index is 12.1. The number of aromatic nitrogens is 1. The van der Waals surface area contributed by atoms with E-state index in [2.05, 4.69) is 14.5 Å². The van der Waals surface area contributed by atoms with Crippen LogP contribution in [0.3, 0.4) is 0 Å². The molecule has 106 valence electrons. The van der Waals surface area contributed by atoms with Crippen molar-refractivity contribution in [3.05, 3.63) is 17.2 Å². The third-order valence-corrected chi connectivity index (χ3v) is 2.29. The normalized spacial score (nSPS) is 11.1. The molecule has 0 saturated heterocycles. The summed E-state index contributed by atoms with van der Waals surface area (Å²) in [5.74, 6) is -1.32. The summed E-state index contributed by atoms with van der Waals surface area (Å²) in [5, 5.41) is 0. The van der Waals surface area contributed by atoms with Gasteiger partial charge in [-0.15, -0.1) is 13.2 Å². The third-order valence-electron chi connectivity index (χ3n) is 2.29. The largest absolute Gasteiger partial charge is 0.574 e. The van der Waals surface area contributed by atoms with Gasteiger partial charge in [0.15, 0.2) is 0 Å². The minimum atomic E-state index is -4.87. The van der Waals surface area contributed by atoms with Gasteiger partial charge in [0.2, 0.25) is 11.8 Å². The van der Waals surface area contributed by atoms with Gasteiger partial charge in [-0.1, -0.05) is 0 Å². The Bertz CT molecular complexity index is 474. The highest BCUT2D eigenvalue weighted by atomic mass is 19.4. The van der Waals surface area contributed by atoms with Crippen molar-refractivity contribution in [2.24, 2.45) is 0 Å². The van der Waals surface area contributed by atoms with E-state index in [1.807, 2.05) is 0 Å². The van der Waals surface area contributed by atoms with E-state index in [0.29, 0.717) is 5.56 Å². The Hall–Kier alpha value is -1.99. The van der Waals surface area contributed by atoms with Crippen LogP contribution >= 0.6 is 0 Å². The number of hydrogen-bond donors (Lipinski definition) is 0. The predicted octanol–water partition coefficient (Wildman–Crippen LogP) is 2.01. The lowest BCUT2D eigenvalue weighted by molar-refractivity contribution is -0.276. The SMILES string of the molecule is COC(=O)Cc1cc(OC(F)(F)F)nc(OC)c1C. The van der Waals surface area contributed by atoms with Gasteiger partial charge in [-0.05, 0) is 12.5 Å². The lowest BCUT2D eigenvalue weighted by atomic mass is 10.1. The zero-order valence-electron chi connectivity index (χ0n) is 10.5. The molecule has 1 heterocycles. The minimum Gasteiger partial charge on any atom is -0.481 e. The topological polar surface area (TPSA) is 57.7 Å². The highest BCUT2D eigenvalue weighted by Gasteiger charge is 2.32. The Balaban J connectivity index is 3.14. The minimum absolute atomic E-state index is 0.0411. The van der Waals surface area contributed by atoms with Crippen molar-refractivity contribution in [3.8, 4) is 11.8 Å². The van der Waals surface area contributed by atoms with Gasteiger partial charge in [-0.2, -0.15) is 4.98 Å². The molecule has 0 aliphatic heterocycles. The van der Waals surface area contributed by atoms with Crippen LogP contribution in [0, 0.1) is 6.92 Å². The van der Waals surface area contributed by atoms with Crippen LogP contribution in [0.2, 0.25) is 0 Å². The molecule has 8 heteroatoms. The van der Waals surface area contributed by atoms with E-state index in [0.717, 1.165) is 6.07 Å². The van der Waals surface area contributed by atoms with Crippen molar-refractivity contribution in [3.63, 3.8) is 0 Å². The molecular formula is C11H12F3NO4. The molecule has 0 aliphatic carbocycles. The highest BCUT2D eigenvalue weighted by Crippen LogP contribution is 2.28. The van der Waals surface area contributed by atoms with Gasteiger partial charge in [0.25, 0.3) is 0 Å². The van der Waals surface area contributed by atoms with Crippen LogP contribution in [-0.4, -0.2) is 31.5 Å². The zero-order valence-corrected chi connectivity index (χ0v) is 10.5. The van der Waals surface area contributed by atoms with E-state index < -0.39 is 18.2 Å². The van der Waals surface area contributed by atoms with Crippen LogP contribution in [-0.2, 0) is 16.0 Å². The smallest absolute Gasteiger partial charge is 0.481 e. The van der Waals surface area contributed by atoms with Crippen LogP contribution in [0.1, 0.15) is 11.1 Å². The van der Waals surface area contributed by atoms with Crippen molar-refractivity contribution in [2.45, 2.75) is 19.7 Å². The van der Waals surface area contributed by atoms with Gasteiger partial charge in [-0.25, -0.2) is 0 Å². The Kier molecular flexibility index (Phi) is 4.57. The highest BCUT2D eigenvalue weighted by molar-refractivity contribution is 5.73. The third kappa shape index (κ3) is 4.31. The monoisotopic (exact) mass is 279 g/mol. The van der Waals surface area contributed by atoms with Crippen LogP contribution in [0.25, 0.3) is 0 Å². The van der Waals surface area contributed by atoms with Crippen LogP contribution in [0.15, 0.2) is 6.07 Å². The number of halogens is 3. The number of pyridine rings is 1. The molecule has 5 nitrogen and oxygen atoms in total. The Morgan fingerprint density at radius 1 is 1.37 bits per heavy atom. The van der Waals surface area contributed by atoms with Gasteiger partial charge in [-0.3, -0.25) is 4.79 Å². The van der Waals surface area contributed by atoms with Crippen LogP contribution in [0.4, 0.5) is 13.2 Å². The van der Waals surface area contributed by atoms with Gasteiger partial charge < -0.3 is 14.2 Å². The summed E-state index contributed by atoms with van der Waals surface area (Å²) in [4.78, 5) is 14.7. The van der Waals surface area contributed by atoms with E-state index in [9.17, 15) is 18.0 Å². The first-order valence-electron chi connectivity index (χ1n) is 5.14. The molecule has 0 fully saturated rings. The Labute approximate surface area is 107 Å². The number of nitrogens with zero attached hydrogens (tertiary/aromatic N) is 1. The summed E-state index contributed by atoms with van der Waals surface area (Å²) in [7, 11) is 2.44. The first-order chi connectivity index (χ1) is 8.76. The molecule has 1 aromatic rings. The second-order valence-electron chi connectivity index (χ2n) is 3.55. The number of rotatable bonds is 4. The average molecular weight is 279 g/mol. The maximum atomic E-state index is 12.1. The number of carbonyl (C=O) groups is 1. The molecule has 0 bridgehead atoms. The van der Waals surface area contributed by atoms with E-state index in [-0.39, 0.29) is 17.9 Å². The fourth-order valence-corrected chi connectivity index (χ4v) is 1.39. The number of alkyl halides is 3. The van der Waals surface area contributed by atoms with Crippen LogP contribution < -0.4 is 9.47 Å². The zero-order chi connectivity index (χ0) is 14.6. The second kappa shape index (κ2) is 5.77. The number of methoxy groups -OCH3 is 2. The van der Waals surface area contributed by atoms with Gasteiger partial charge >= 0.3 is 12.3 Å². The molecule has 0 saturated carbocycles. The van der Waals surface area contributed by atoms with Crippen molar-refractivity contribution >= 4 is 5.97 Å². The number of carbonyl (C=O) groups excluding carboxylic acids is 1. The average Bonchev–Trinajstić information content (AvgIpc) is 2.30. The molecule has 0 atom stereocenters. The first kappa shape index (κ1) is 15.1. The van der Waals surface area contributed by atoms with Crippen molar-refractivity contribution in [1.82, 2.24) is 4.98 Å². The molecule has 0 radical (unpaired) electrons. The molecule has 0 spiro atoms. The molecule has 1 aromatic heterocycles. The molecule has 0 unspecified atom stereocenters. The summed E-state index contributed by atoms with van der Waals surface area (Å²) < 4.78 is 49.4. The van der Waals surface area contributed by atoms with Crippen molar-refractivity contribution in [2.75, 3.05) is 14.2 Å². The van der Waals surface area contributed by atoms with E-state index in [4.69, 9.17) is 4.74 Å². The van der Waals surface area contributed by atoms with Crippen molar-refractivity contribution < 1.29 is 32.2 Å². The van der Waals surface area contributed by atoms with Gasteiger partial charge in [0.1, 0.15) is 0 Å². The maximum Gasteiger partial charge on any atom is 0.574 e. The van der Waals surface area contributed by atoms with Crippen molar-refractivity contribution in [1.29, 1.82) is 0 Å². The molecule has 1 rings (SSSR count). The van der Waals surface area contributed by atoms with Gasteiger partial charge in [0, 0.05) is 11.6 Å². The number of ether oxygens (including phenoxy) is 3. The molecule has 0 aliphatic rings. The fourth-order valence-electron chi connectivity index (χ4n) is 1.39. The molecular weight excluding hydrogens is 267 g/mol. The standard InChI is InChI=1S/C11H12F3NO4/c1-6-7(5-9(16)17-2)4-8(15-10(6)18-3)19-11(12,13)14/h4H,5H2,1-3H3. The Morgan fingerprint density at radius 3 is 2.47 bits per heavy atom. The first-order valence-corrected chi connectivity index (χ1v) is 5.14. The molecule has 0 amide bonds. The summed E-state index contributed by atoms with van der Waals surface area (Å²) in [6.45, 7) is 1.57. The fraction of sp³-hybridized carbons (Fsp3) is 0.455. The van der Waals surface area contributed by atoms with Crippen LogP contribution in [0.5, 0.6) is 11.8 Å². The lowest BCUT2D eigenvalue weighted by Gasteiger charge is -2.13. The number of hydrogen-bond acceptors (Lipinski definition) is 5. The molecule has 0 N–H and O–H groups in total. The van der Waals surface area contributed by atoms with E-state index >= 15 is 0 Å². The lowest BCUT2D eigenvalue weighted by Crippen LogP contribution is -2.18. The molecule has 19 heavy (non-hydrogen) atoms. The van der Waals surface area contributed by atoms with E-state index in [1.54, 1.807) is 6.92 Å². The van der Waals surface area contributed by atoms with E-state index in [1.165, 1.54) is 14.2 Å². The summed E-state index contributed by atoms with van der Waals surface area (Å²) >= 11 is 0. The predicted molar refractivity (Wildman–Crippen MR) is 57.9 cm³/mol. The van der Waals surface area contributed by atoms with Gasteiger partial charge in [0.05, 0.1) is 20.6 Å². The summed E-state index contributed by atoms with van der Waals surface area (Å²) in [6, 6.07) is 1.03.